The van der Waals surface area contributed by atoms with Crippen LogP contribution in [0, 0.1) is 0 Å². The first kappa shape index (κ1) is 18.3. The van der Waals surface area contributed by atoms with Crippen LogP contribution in [0.2, 0.25) is 0 Å². The van der Waals surface area contributed by atoms with Crippen molar-refractivity contribution in [3.05, 3.63) is 0 Å². The molecule has 0 aliphatic rings. The van der Waals surface area contributed by atoms with E-state index in [0.29, 0.717) is 18.4 Å². The SMILES string of the molecule is CCOCCOC(CCCBr)(C(=O)O)C(=O)OCC. The molecule has 0 aromatic carbocycles. The number of halogens is 1. The topological polar surface area (TPSA) is 82.1 Å². The average molecular weight is 341 g/mol. The largest absolute Gasteiger partial charge is 0.479 e. The van der Waals surface area contributed by atoms with Gasteiger partial charge >= 0.3 is 11.9 Å². The summed E-state index contributed by atoms with van der Waals surface area (Å²) < 4.78 is 15.2. The van der Waals surface area contributed by atoms with E-state index in [1.165, 1.54) is 0 Å². The summed E-state index contributed by atoms with van der Waals surface area (Å²) in [6, 6.07) is 0. The second-order valence-electron chi connectivity index (χ2n) is 3.69. The maximum absolute atomic E-state index is 11.9. The van der Waals surface area contributed by atoms with Crippen LogP contribution >= 0.6 is 15.9 Å². The average Bonchev–Trinajstić information content (AvgIpc) is 2.38. The van der Waals surface area contributed by atoms with E-state index in [2.05, 4.69) is 15.9 Å². The van der Waals surface area contributed by atoms with Crippen LogP contribution in [0.25, 0.3) is 0 Å². The van der Waals surface area contributed by atoms with E-state index in [1.807, 2.05) is 6.92 Å². The lowest BCUT2D eigenvalue weighted by Gasteiger charge is -2.27. The highest BCUT2D eigenvalue weighted by Crippen LogP contribution is 2.22. The molecule has 0 bridgehead atoms. The second-order valence-corrected chi connectivity index (χ2v) is 4.48. The molecule has 1 N–H and O–H groups in total. The molecule has 19 heavy (non-hydrogen) atoms. The van der Waals surface area contributed by atoms with Gasteiger partial charge in [0.15, 0.2) is 0 Å². The van der Waals surface area contributed by atoms with Crippen molar-refractivity contribution in [2.24, 2.45) is 0 Å². The van der Waals surface area contributed by atoms with Crippen molar-refractivity contribution in [1.29, 1.82) is 0 Å². The zero-order valence-corrected chi connectivity index (χ0v) is 12.9. The quantitative estimate of drug-likeness (QED) is 0.266. The number of hydrogen-bond acceptors (Lipinski definition) is 5. The Hall–Kier alpha value is -0.660. The minimum Gasteiger partial charge on any atom is -0.479 e. The van der Waals surface area contributed by atoms with Crippen molar-refractivity contribution in [3.8, 4) is 0 Å². The summed E-state index contributed by atoms with van der Waals surface area (Å²) in [5.41, 5.74) is -1.94. The summed E-state index contributed by atoms with van der Waals surface area (Å²) >= 11 is 3.21. The summed E-state index contributed by atoms with van der Waals surface area (Å²) in [6.07, 6.45) is 0.540. The first-order valence-electron chi connectivity index (χ1n) is 6.23. The van der Waals surface area contributed by atoms with Gasteiger partial charge in [0.25, 0.3) is 5.60 Å². The highest BCUT2D eigenvalue weighted by Gasteiger charge is 2.48. The Bertz CT molecular complexity index is 283. The monoisotopic (exact) mass is 340 g/mol. The number of rotatable bonds is 11. The highest BCUT2D eigenvalue weighted by molar-refractivity contribution is 9.09. The molecule has 0 saturated carbocycles. The fraction of sp³-hybridized carbons (Fsp3) is 0.833. The van der Waals surface area contributed by atoms with Crippen LogP contribution < -0.4 is 0 Å². The molecule has 0 aromatic heterocycles. The molecular weight excluding hydrogens is 320 g/mol. The number of carbonyl (C=O) groups is 2. The molecule has 0 amide bonds. The van der Waals surface area contributed by atoms with E-state index in [1.54, 1.807) is 6.92 Å². The van der Waals surface area contributed by atoms with E-state index in [9.17, 15) is 14.7 Å². The van der Waals surface area contributed by atoms with Crippen molar-refractivity contribution in [1.82, 2.24) is 0 Å². The molecule has 112 valence electrons. The number of alkyl halides is 1. The molecule has 0 heterocycles. The third-order valence-corrected chi connectivity index (χ3v) is 2.95. The number of ether oxygens (including phenoxy) is 3. The molecule has 0 rings (SSSR count). The van der Waals surface area contributed by atoms with Gasteiger partial charge in [0.1, 0.15) is 0 Å². The summed E-state index contributed by atoms with van der Waals surface area (Å²) in [5, 5.41) is 9.90. The predicted octanol–water partition coefficient (Wildman–Crippen LogP) is 1.60. The summed E-state index contributed by atoms with van der Waals surface area (Å²) in [5.74, 6) is -2.19. The van der Waals surface area contributed by atoms with Gasteiger partial charge < -0.3 is 19.3 Å². The molecule has 0 aliphatic carbocycles. The Morgan fingerprint density at radius 2 is 1.89 bits per heavy atom. The fourth-order valence-corrected chi connectivity index (χ4v) is 1.75. The van der Waals surface area contributed by atoms with E-state index in [4.69, 9.17) is 14.2 Å². The fourth-order valence-electron chi connectivity index (χ4n) is 1.47. The van der Waals surface area contributed by atoms with Crippen LogP contribution in [-0.2, 0) is 23.8 Å². The van der Waals surface area contributed by atoms with Gasteiger partial charge in [-0.25, -0.2) is 9.59 Å². The van der Waals surface area contributed by atoms with Crippen molar-refractivity contribution in [2.45, 2.75) is 32.3 Å². The van der Waals surface area contributed by atoms with Crippen molar-refractivity contribution in [3.63, 3.8) is 0 Å². The van der Waals surface area contributed by atoms with Crippen molar-refractivity contribution < 1.29 is 28.9 Å². The van der Waals surface area contributed by atoms with Gasteiger partial charge in [-0.15, -0.1) is 0 Å². The molecule has 0 aromatic rings. The minimum atomic E-state index is -1.94. The maximum Gasteiger partial charge on any atom is 0.350 e. The molecule has 0 saturated heterocycles. The van der Waals surface area contributed by atoms with Gasteiger partial charge in [-0.05, 0) is 26.7 Å². The summed E-state index contributed by atoms with van der Waals surface area (Å²) in [7, 11) is 0. The predicted molar refractivity (Wildman–Crippen MR) is 72.5 cm³/mol. The molecule has 0 fully saturated rings. The van der Waals surface area contributed by atoms with Gasteiger partial charge in [-0.1, -0.05) is 15.9 Å². The normalized spacial score (nSPS) is 13.8. The molecule has 1 atom stereocenters. The number of carboxylic acids is 1. The highest BCUT2D eigenvalue weighted by atomic mass is 79.9. The molecule has 7 heteroatoms. The maximum atomic E-state index is 11.9. The van der Waals surface area contributed by atoms with E-state index in [0.717, 1.165) is 0 Å². The Labute approximate surface area is 121 Å². The standard InChI is InChI=1S/C12H21BrO6/c1-3-17-8-9-19-12(10(14)15,6-5-7-13)11(16)18-4-2/h3-9H2,1-2H3,(H,14,15). The van der Waals surface area contributed by atoms with Gasteiger partial charge in [0, 0.05) is 11.9 Å². The molecule has 6 nitrogen and oxygen atoms in total. The molecule has 0 aliphatic heterocycles. The molecule has 0 radical (unpaired) electrons. The smallest absolute Gasteiger partial charge is 0.350 e. The minimum absolute atomic E-state index is 0.0290. The van der Waals surface area contributed by atoms with Gasteiger partial charge in [0.2, 0.25) is 0 Å². The van der Waals surface area contributed by atoms with Crippen molar-refractivity contribution in [2.75, 3.05) is 31.8 Å². The van der Waals surface area contributed by atoms with Crippen LogP contribution in [-0.4, -0.2) is 54.4 Å². The molecular formula is C12H21BrO6. The summed E-state index contributed by atoms with van der Waals surface area (Å²) in [4.78, 5) is 23.3. The molecule has 1 unspecified atom stereocenters. The Morgan fingerprint density at radius 3 is 2.37 bits per heavy atom. The zero-order chi connectivity index (χ0) is 14.7. The van der Waals surface area contributed by atoms with E-state index >= 15 is 0 Å². The Kier molecular flexibility index (Phi) is 9.81. The van der Waals surface area contributed by atoms with E-state index < -0.39 is 17.5 Å². The summed E-state index contributed by atoms with van der Waals surface area (Å²) in [6.45, 7) is 4.32. The van der Waals surface area contributed by atoms with Crippen LogP contribution in [0.5, 0.6) is 0 Å². The second kappa shape index (κ2) is 10.2. The van der Waals surface area contributed by atoms with Gasteiger partial charge in [-0.2, -0.15) is 0 Å². The van der Waals surface area contributed by atoms with Gasteiger partial charge in [-0.3, -0.25) is 0 Å². The first-order valence-corrected chi connectivity index (χ1v) is 7.35. The van der Waals surface area contributed by atoms with Crippen LogP contribution in [0.4, 0.5) is 0 Å². The van der Waals surface area contributed by atoms with Crippen LogP contribution in [0.1, 0.15) is 26.7 Å². The lowest BCUT2D eigenvalue weighted by molar-refractivity contribution is -0.190. The lowest BCUT2D eigenvalue weighted by atomic mass is 9.98. The van der Waals surface area contributed by atoms with Gasteiger partial charge in [0.05, 0.1) is 19.8 Å². The third-order valence-electron chi connectivity index (χ3n) is 2.39. The van der Waals surface area contributed by atoms with E-state index in [-0.39, 0.29) is 26.2 Å². The number of esters is 1. The third kappa shape index (κ3) is 5.88. The number of carbonyl (C=O) groups excluding carboxylic acids is 1. The first-order chi connectivity index (χ1) is 9.05. The zero-order valence-electron chi connectivity index (χ0n) is 11.3. The number of hydrogen-bond donors (Lipinski definition) is 1. The number of aliphatic carboxylic acids is 1. The number of carboxylic acid groups (broad SMARTS) is 1. The Morgan fingerprint density at radius 1 is 1.21 bits per heavy atom. The Balaban J connectivity index is 4.81. The van der Waals surface area contributed by atoms with Crippen LogP contribution in [0.3, 0.4) is 0 Å². The lowest BCUT2D eigenvalue weighted by Crippen LogP contribution is -2.51. The van der Waals surface area contributed by atoms with Crippen molar-refractivity contribution >= 4 is 27.9 Å². The molecule has 0 spiro atoms. The van der Waals surface area contributed by atoms with Crippen LogP contribution in [0.15, 0.2) is 0 Å².